The first-order valence-corrected chi connectivity index (χ1v) is 9.04. The van der Waals surface area contributed by atoms with Crippen molar-refractivity contribution in [2.45, 2.75) is 30.6 Å². The van der Waals surface area contributed by atoms with Crippen molar-refractivity contribution in [3.63, 3.8) is 0 Å². The van der Waals surface area contributed by atoms with Crippen LogP contribution in [0.1, 0.15) is 6.23 Å². The lowest BCUT2D eigenvalue weighted by Crippen LogP contribution is -2.50. The molecule has 4 N–H and O–H groups in total. The number of anilines is 1. The van der Waals surface area contributed by atoms with Gasteiger partial charge in [-0.3, -0.25) is 9.36 Å². The number of carbonyl (C=O) groups excluding carboxylic acids is 1. The quantitative estimate of drug-likeness (QED) is 0.162. The van der Waals surface area contributed by atoms with Crippen molar-refractivity contribution < 1.29 is 44.4 Å². The summed E-state index contributed by atoms with van der Waals surface area (Å²) in [7, 11) is 0. The summed E-state index contributed by atoms with van der Waals surface area (Å²) in [6, 6.07) is 0. The highest BCUT2D eigenvalue weighted by molar-refractivity contribution is 5.82. The van der Waals surface area contributed by atoms with Crippen LogP contribution in [-0.2, 0) is 24.0 Å². The van der Waals surface area contributed by atoms with Gasteiger partial charge >= 0.3 is 0 Å². The van der Waals surface area contributed by atoms with Crippen LogP contribution in [0.5, 0.6) is 0 Å². The SMILES string of the molecule is Nc1ncnc2c1ncn2[C@@H]1O[C@H](C(O)C(=O)NCCO[N+](=O)[O-])[C@@H](O[N+](=O)[O-])[C@H]1O[N+](=O)[O-]. The van der Waals surface area contributed by atoms with E-state index in [0.717, 1.165) is 17.2 Å². The van der Waals surface area contributed by atoms with E-state index in [4.69, 9.17) is 10.5 Å². The second-order valence-electron chi connectivity index (χ2n) is 6.45. The van der Waals surface area contributed by atoms with Crippen molar-refractivity contribution in [3.05, 3.63) is 43.0 Å². The molecule has 0 aliphatic carbocycles. The zero-order chi connectivity index (χ0) is 25.0. The summed E-state index contributed by atoms with van der Waals surface area (Å²) in [4.78, 5) is 69.1. The molecule has 34 heavy (non-hydrogen) atoms. The molecule has 5 atom stereocenters. The maximum absolute atomic E-state index is 12.3. The Kier molecular flexibility index (Phi) is 6.96. The Balaban J connectivity index is 1.91. The number of nitrogens with two attached hydrogens (primary N) is 1. The van der Waals surface area contributed by atoms with Crippen molar-refractivity contribution in [2.24, 2.45) is 0 Å². The minimum Gasteiger partial charge on any atom is -0.382 e. The van der Waals surface area contributed by atoms with Crippen molar-refractivity contribution in [2.75, 3.05) is 18.9 Å². The molecule has 3 heterocycles. The number of rotatable bonds is 11. The summed E-state index contributed by atoms with van der Waals surface area (Å²) >= 11 is 0. The van der Waals surface area contributed by atoms with Crippen LogP contribution < -0.4 is 11.1 Å². The van der Waals surface area contributed by atoms with Crippen molar-refractivity contribution >= 4 is 22.9 Å². The fraction of sp³-hybridized carbons (Fsp3) is 0.538. The lowest BCUT2D eigenvalue weighted by Gasteiger charge is -2.22. The molecular weight excluding hydrogens is 474 g/mol. The van der Waals surface area contributed by atoms with E-state index in [2.05, 4.69) is 34.8 Å². The highest BCUT2D eigenvalue weighted by Gasteiger charge is 2.54. The van der Waals surface area contributed by atoms with E-state index in [1.807, 2.05) is 0 Å². The Morgan fingerprint density at radius 3 is 2.50 bits per heavy atom. The fourth-order valence-corrected chi connectivity index (χ4v) is 3.18. The molecular formula is C13H15N9O12. The number of nitrogen functional groups attached to an aromatic ring is 1. The van der Waals surface area contributed by atoms with Gasteiger partial charge in [0.1, 0.15) is 24.6 Å². The molecule has 0 saturated carbocycles. The average molecular weight is 489 g/mol. The third-order valence-corrected chi connectivity index (χ3v) is 4.48. The van der Waals surface area contributed by atoms with Gasteiger partial charge in [0, 0.05) is 6.54 Å². The van der Waals surface area contributed by atoms with Gasteiger partial charge in [-0.15, -0.1) is 30.3 Å². The minimum absolute atomic E-state index is 0.00850. The summed E-state index contributed by atoms with van der Waals surface area (Å²) in [5, 5.41) is 41.1. The normalized spacial score (nSPS) is 22.6. The van der Waals surface area contributed by atoms with E-state index in [1.165, 1.54) is 0 Å². The number of nitrogens with one attached hydrogen (secondary N) is 1. The summed E-state index contributed by atoms with van der Waals surface area (Å²) in [6.45, 7) is -0.991. The van der Waals surface area contributed by atoms with Crippen LogP contribution in [-0.4, -0.2) is 83.4 Å². The summed E-state index contributed by atoms with van der Waals surface area (Å²) in [5.74, 6) is -1.25. The highest BCUT2D eigenvalue weighted by atomic mass is 17.0. The lowest BCUT2D eigenvalue weighted by molar-refractivity contribution is -0.798. The van der Waals surface area contributed by atoms with Gasteiger partial charge in [-0.1, -0.05) is 0 Å². The largest absolute Gasteiger partial charge is 0.382 e. The molecule has 0 bridgehead atoms. The third kappa shape index (κ3) is 5.04. The first-order valence-electron chi connectivity index (χ1n) is 9.04. The molecule has 0 spiro atoms. The van der Waals surface area contributed by atoms with Gasteiger partial charge in [-0.2, -0.15) is 0 Å². The summed E-state index contributed by atoms with van der Waals surface area (Å²) in [5.41, 5.74) is 5.75. The van der Waals surface area contributed by atoms with Crippen LogP contribution in [0.25, 0.3) is 11.2 Å². The molecule has 184 valence electrons. The smallest absolute Gasteiger partial charge is 0.295 e. The first-order chi connectivity index (χ1) is 16.1. The molecule has 1 aliphatic rings. The van der Waals surface area contributed by atoms with E-state index < -0.39 is 65.0 Å². The summed E-state index contributed by atoms with van der Waals surface area (Å²) < 4.78 is 6.58. The minimum atomic E-state index is -2.20. The van der Waals surface area contributed by atoms with Crippen LogP contribution in [0.2, 0.25) is 0 Å². The molecule has 3 rings (SSSR count). The molecule has 1 aliphatic heterocycles. The zero-order valence-electron chi connectivity index (χ0n) is 16.6. The molecule has 2 aromatic rings. The topological polar surface area (TPSA) is 285 Å². The van der Waals surface area contributed by atoms with E-state index >= 15 is 0 Å². The number of imidazole rings is 1. The number of nitrogens with zero attached hydrogens (tertiary/aromatic N) is 7. The number of aromatic nitrogens is 4. The molecule has 1 saturated heterocycles. The first kappa shape index (κ1) is 24.0. The van der Waals surface area contributed by atoms with Crippen molar-refractivity contribution in [1.82, 2.24) is 24.8 Å². The van der Waals surface area contributed by atoms with Crippen LogP contribution in [0, 0.1) is 30.3 Å². The molecule has 0 aromatic carbocycles. The van der Waals surface area contributed by atoms with Crippen LogP contribution in [0.15, 0.2) is 12.7 Å². The zero-order valence-corrected chi connectivity index (χ0v) is 16.6. The Hall–Kier alpha value is -4.66. The highest BCUT2D eigenvalue weighted by Crippen LogP contribution is 2.37. The lowest BCUT2D eigenvalue weighted by atomic mass is 10.0. The number of fused-ring (bicyclic) bond motifs is 1. The van der Waals surface area contributed by atoms with E-state index in [9.17, 15) is 40.2 Å². The average Bonchev–Trinajstić information content (AvgIpc) is 3.32. The van der Waals surface area contributed by atoms with E-state index in [0.29, 0.717) is 0 Å². The Morgan fingerprint density at radius 1 is 1.18 bits per heavy atom. The van der Waals surface area contributed by atoms with Gasteiger partial charge in [0.05, 0.1) is 6.33 Å². The Labute approximate surface area is 185 Å². The number of ether oxygens (including phenoxy) is 1. The maximum atomic E-state index is 12.3. The van der Waals surface area contributed by atoms with Gasteiger partial charge in [-0.25, -0.2) is 15.0 Å². The van der Waals surface area contributed by atoms with Crippen LogP contribution in [0.3, 0.4) is 0 Å². The molecule has 21 heteroatoms. The molecule has 1 unspecified atom stereocenters. The van der Waals surface area contributed by atoms with Gasteiger partial charge in [-0.05, 0) is 0 Å². The molecule has 1 amide bonds. The van der Waals surface area contributed by atoms with Gasteiger partial charge in [0.2, 0.25) is 0 Å². The standard InChI is InChI=1S/C13H15N9O12/c14-10-5-11(17-3-16-10)19(4-18-5)13-9(34-22(29)30)8(33-21(27)28)7(32-13)6(23)12(24)15-1-2-31-20(25)26/h3-4,6-9,13,23H,1-2H2,(H,15,24)(H2,14,16,17)/t6?,7-,8-,9-,13-/m1/s1. The Bertz CT molecular complexity index is 1090. The number of carbonyl (C=O) groups is 1. The van der Waals surface area contributed by atoms with Gasteiger partial charge in [0.25, 0.3) is 21.2 Å². The van der Waals surface area contributed by atoms with Crippen molar-refractivity contribution in [1.29, 1.82) is 0 Å². The number of aliphatic hydroxyl groups excluding tert-OH is 1. The summed E-state index contributed by atoms with van der Waals surface area (Å²) in [6.07, 6.45) is -7.45. The predicted molar refractivity (Wildman–Crippen MR) is 99.3 cm³/mol. The number of aliphatic hydroxyl groups is 1. The Morgan fingerprint density at radius 2 is 1.85 bits per heavy atom. The second kappa shape index (κ2) is 9.86. The van der Waals surface area contributed by atoms with Crippen LogP contribution >= 0.6 is 0 Å². The van der Waals surface area contributed by atoms with Gasteiger partial charge < -0.3 is 35.4 Å². The number of amides is 1. The molecule has 2 aromatic heterocycles. The van der Waals surface area contributed by atoms with E-state index in [1.54, 1.807) is 0 Å². The van der Waals surface area contributed by atoms with Gasteiger partial charge in [0.15, 0.2) is 36.0 Å². The third-order valence-electron chi connectivity index (χ3n) is 4.48. The van der Waals surface area contributed by atoms with Crippen LogP contribution in [0.4, 0.5) is 5.82 Å². The van der Waals surface area contributed by atoms with E-state index in [-0.39, 0.29) is 17.0 Å². The predicted octanol–water partition coefficient (Wildman–Crippen LogP) is -2.85. The second-order valence-corrected chi connectivity index (χ2v) is 6.45. The molecule has 1 fully saturated rings. The fourth-order valence-electron chi connectivity index (χ4n) is 3.18. The number of hydrogen-bond acceptors (Lipinski definition) is 16. The number of hydrogen-bond donors (Lipinski definition) is 3. The maximum Gasteiger partial charge on any atom is 0.295 e. The van der Waals surface area contributed by atoms with Crippen molar-refractivity contribution in [3.8, 4) is 0 Å². The molecule has 0 radical (unpaired) electrons. The molecule has 21 nitrogen and oxygen atoms in total. The monoisotopic (exact) mass is 489 g/mol.